The van der Waals surface area contributed by atoms with Crippen molar-refractivity contribution >= 4 is 0 Å². The highest BCUT2D eigenvalue weighted by Crippen LogP contribution is 2.40. The zero-order chi connectivity index (χ0) is 10.1. The van der Waals surface area contributed by atoms with Crippen LogP contribution in [0, 0.1) is 16.7 Å². The van der Waals surface area contributed by atoms with E-state index in [-0.39, 0.29) is 0 Å². The summed E-state index contributed by atoms with van der Waals surface area (Å²) in [6.07, 6.45) is 4.26. The molecule has 0 aromatic rings. The van der Waals surface area contributed by atoms with Crippen molar-refractivity contribution in [2.45, 2.75) is 45.6 Å². The number of nitriles is 1. The number of rotatable bonds is 1. The summed E-state index contributed by atoms with van der Waals surface area (Å²) >= 11 is 0. The van der Waals surface area contributed by atoms with E-state index in [2.05, 4.69) is 13.0 Å². The van der Waals surface area contributed by atoms with E-state index in [1.807, 2.05) is 19.9 Å². The summed E-state index contributed by atoms with van der Waals surface area (Å²) in [5.41, 5.74) is -0.163. The van der Waals surface area contributed by atoms with E-state index < -0.39 is 11.0 Å². The molecule has 2 nitrogen and oxygen atoms in total. The van der Waals surface area contributed by atoms with Gasteiger partial charge in [0, 0.05) is 0 Å². The lowest BCUT2D eigenvalue weighted by atomic mass is 9.69. The van der Waals surface area contributed by atoms with Crippen molar-refractivity contribution in [3.63, 3.8) is 0 Å². The van der Waals surface area contributed by atoms with Crippen LogP contribution in [0.4, 0.5) is 0 Å². The molecule has 1 rings (SSSR count). The monoisotopic (exact) mass is 179 g/mol. The lowest BCUT2D eigenvalue weighted by Crippen LogP contribution is -2.44. The molecule has 0 bridgehead atoms. The summed E-state index contributed by atoms with van der Waals surface area (Å²) in [6, 6.07) is 2.19. The fourth-order valence-electron chi connectivity index (χ4n) is 1.62. The molecule has 0 saturated carbocycles. The Balaban J connectivity index is 2.87. The molecule has 0 aromatic heterocycles. The van der Waals surface area contributed by atoms with E-state index in [9.17, 15) is 5.11 Å². The van der Waals surface area contributed by atoms with Gasteiger partial charge < -0.3 is 5.11 Å². The third-order valence-corrected chi connectivity index (χ3v) is 3.16. The van der Waals surface area contributed by atoms with E-state index in [0.29, 0.717) is 12.8 Å². The summed E-state index contributed by atoms with van der Waals surface area (Å²) in [4.78, 5) is 0. The minimum absolute atomic E-state index is 0.611. The second kappa shape index (κ2) is 3.16. The van der Waals surface area contributed by atoms with Crippen LogP contribution in [0.2, 0.25) is 0 Å². The number of nitrogens with zero attached hydrogens (tertiary/aromatic N) is 1. The Morgan fingerprint density at radius 3 is 2.62 bits per heavy atom. The predicted octanol–water partition coefficient (Wildman–Crippen LogP) is 2.40. The second-order valence-electron chi connectivity index (χ2n) is 4.52. The molecule has 1 unspecified atom stereocenters. The Morgan fingerprint density at radius 2 is 2.23 bits per heavy atom. The fourth-order valence-corrected chi connectivity index (χ4v) is 1.62. The van der Waals surface area contributed by atoms with Gasteiger partial charge in [0.1, 0.15) is 0 Å². The van der Waals surface area contributed by atoms with Gasteiger partial charge in [0.15, 0.2) is 0 Å². The SMILES string of the molecule is CC1=CCC(O)(C(C)(C)C#N)CC1. The predicted molar refractivity (Wildman–Crippen MR) is 52.0 cm³/mol. The number of hydrogen-bond donors (Lipinski definition) is 1. The van der Waals surface area contributed by atoms with Crippen molar-refractivity contribution in [3.8, 4) is 6.07 Å². The number of allylic oxidation sites excluding steroid dienone is 1. The Morgan fingerprint density at radius 1 is 1.62 bits per heavy atom. The standard InChI is InChI=1S/C11H17NO/c1-9-4-6-11(13,7-5-9)10(2,3)8-12/h4,13H,5-7H2,1-3H3. The molecule has 0 amide bonds. The Labute approximate surface area is 79.9 Å². The van der Waals surface area contributed by atoms with E-state index in [4.69, 9.17) is 5.26 Å². The van der Waals surface area contributed by atoms with Crippen molar-refractivity contribution in [1.82, 2.24) is 0 Å². The molecule has 1 aliphatic rings. The Bertz CT molecular complexity index is 272. The quantitative estimate of drug-likeness (QED) is 0.628. The second-order valence-corrected chi connectivity index (χ2v) is 4.52. The molecule has 72 valence electrons. The molecule has 0 aliphatic heterocycles. The zero-order valence-electron chi connectivity index (χ0n) is 8.59. The van der Waals surface area contributed by atoms with Crippen LogP contribution < -0.4 is 0 Å². The Kier molecular flexibility index (Phi) is 2.49. The first-order valence-corrected chi connectivity index (χ1v) is 4.70. The van der Waals surface area contributed by atoms with Crippen LogP contribution in [-0.2, 0) is 0 Å². The first kappa shape index (κ1) is 10.3. The van der Waals surface area contributed by atoms with Gasteiger partial charge in [-0.3, -0.25) is 0 Å². The van der Waals surface area contributed by atoms with Gasteiger partial charge >= 0.3 is 0 Å². The van der Waals surface area contributed by atoms with Gasteiger partial charge in [-0.15, -0.1) is 0 Å². The molecule has 1 atom stereocenters. The minimum atomic E-state index is -0.832. The van der Waals surface area contributed by atoms with Crippen molar-refractivity contribution in [2.24, 2.45) is 5.41 Å². The van der Waals surface area contributed by atoms with Gasteiger partial charge in [-0.1, -0.05) is 11.6 Å². The van der Waals surface area contributed by atoms with Gasteiger partial charge in [0.25, 0.3) is 0 Å². The first-order chi connectivity index (χ1) is 5.91. The fraction of sp³-hybridized carbons (Fsp3) is 0.727. The maximum Gasteiger partial charge on any atom is 0.0865 e. The molecule has 1 aliphatic carbocycles. The summed E-state index contributed by atoms with van der Waals surface area (Å²) in [5, 5.41) is 19.2. The van der Waals surface area contributed by atoms with Crippen molar-refractivity contribution in [2.75, 3.05) is 0 Å². The van der Waals surface area contributed by atoms with Crippen LogP contribution in [0.25, 0.3) is 0 Å². The van der Waals surface area contributed by atoms with Crippen LogP contribution in [0.1, 0.15) is 40.0 Å². The van der Waals surface area contributed by atoms with E-state index in [0.717, 1.165) is 6.42 Å². The van der Waals surface area contributed by atoms with Crippen LogP contribution in [0.3, 0.4) is 0 Å². The molecule has 0 spiro atoms. The summed E-state index contributed by atoms with van der Waals surface area (Å²) in [7, 11) is 0. The van der Waals surface area contributed by atoms with Crippen molar-refractivity contribution in [3.05, 3.63) is 11.6 Å². The largest absolute Gasteiger partial charge is 0.388 e. The zero-order valence-corrected chi connectivity index (χ0v) is 8.59. The van der Waals surface area contributed by atoms with E-state index in [1.165, 1.54) is 5.57 Å². The average molecular weight is 179 g/mol. The number of aliphatic hydroxyl groups is 1. The van der Waals surface area contributed by atoms with Gasteiger partial charge in [0.05, 0.1) is 17.1 Å². The summed E-state index contributed by atoms with van der Waals surface area (Å²) in [5.74, 6) is 0. The molecular weight excluding hydrogens is 162 g/mol. The van der Waals surface area contributed by atoms with Gasteiger partial charge in [-0.2, -0.15) is 5.26 Å². The molecular formula is C11H17NO. The first-order valence-electron chi connectivity index (χ1n) is 4.70. The molecule has 0 heterocycles. The van der Waals surface area contributed by atoms with Crippen LogP contribution in [0.5, 0.6) is 0 Å². The maximum atomic E-state index is 10.2. The van der Waals surface area contributed by atoms with Gasteiger partial charge in [-0.25, -0.2) is 0 Å². The van der Waals surface area contributed by atoms with Gasteiger partial charge in [-0.05, 0) is 40.0 Å². The van der Waals surface area contributed by atoms with Crippen LogP contribution >= 0.6 is 0 Å². The maximum absolute atomic E-state index is 10.2. The minimum Gasteiger partial charge on any atom is -0.388 e. The van der Waals surface area contributed by atoms with E-state index in [1.54, 1.807) is 0 Å². The lowest BCUT2D eigenvalue weighted by molar-refractivity contribution is -0.0466. The topological polar surface area (TPSA) is 44.0 Å². The molecule has 0 saturated heterocycles. The smallest absolute Gasteiger partial charge is 0.0865 e. The van der Waals surface area contributed by atoms with Crippen molar-refractivity contribution in [1.29, 1.82) is 5.26 Å². The van der Waals surface area contributed by atoms with Gasteiger partial charge in [0.2, 0.25) is 0 Å². The number of hydrogen-bond acceptors (Lipinski definition) is 2. The highest BCUT2D eigenvalue weighted by atomic mass is 16.3. The molecule has 13 heavy (non-hydrogen) atoms. The highest BCUT2D eigenvalue weighted by molar-refractivity contribution is 5.16. The average Bonchev–Trinajstić information content (AvgIpc) is 2.10. The molecule has 0 aromatic carbocycles. The summed E-state index contributed by atoms with van der Waals surface area (Å²) in [6.45, 7) is 5.68. The molecule has 0 fully saturated rings. The lowest BCUT2D eigenvalue weighted by Gasteiger charge is -2.39. The summed E-state index contributed by atoms with van der Waals surface area (Å²) < 4.78 is 0. The third-order valence-electron chi connectivity index (χ3n) is 3.16. The molecule has 1 N–H and O–H groups in total. The van der Waals surface area contributed by atoms with Crippen LogP contribution in [-0.4, -0.2) is 10.7 Å². The van der Waals surface area contributed by atoms with E-state index >= 15 is 0 Å². The molecule has 0 radical (unpaired) electrons. The van der Waals surface area contributed by atoms with Crippen LogP contribution in [0.15, 0.2) is 11.6 Å². The Hall–Kier alpha value is -0.810. The molecule has 2 heteroatoms. The normalized spacial score (nSPS) is 29.3. The van der Waals surface area contributed by atoms with Crippen molar-refractivity contribution < 1.29 is 5.11 Å². The third kappa shape index (κ3) is 1.76. The highest BCUT2D eigenvalue weighted by Gasteiger charge is 2.43.